The van der Waals surface area contributed by atoms with Crippen molar-refractivity contribution in [2.75, 3.05) is 20.8 Å². The zero-order valence-electron chi connectivity index (χ0n) is 16.3. The molecule has 8 heteroatoms. The van der Waals surface area contributed by atoms with Gasteiger partial charge < -0.3 is 39.4 Å². The number of hydrogen-bond acceptors (Lipinski definition) is 8. The van der Waals surface area contributed by atoms with Gasteiger partial charge in [0.1, 0.15) is 41.7 Å². The van der Waals surface area contributed by atoms with E-state index in [0.717, 1.165) is 16.9 Å². The molecule has 158 valence electrons. The summed E-state index contributed by atoms with van der Waals surface area (Å²) in [5.41, 5.74) is 1.81. The van der Waals surface area contributed by atoms with Crippen LogP contribution < -0.4 is 14.2 Å². The van der Waals surface area contributed by atoms with Crippen LogP contribution in [0.3, 0.4) is 0 Å². The van der Waals surface area contributed by atoms with Gasteiger partial charge in [-0.25, -0.2) is 0 Å². The fourth-order valence-corrected chi connectivity index (χ4v) is 3.17. The van der Waals surface area contributed by atoms with Crippen molar-refractivity contribution in [2.45, 2.75) is 37.1 Å². The summed E-state index contributed by atoms with van der Waals surface area (Å²) in [4.78, 5) is 0. The van der Waals surface area contributed by atoms with E-state index >= 15 is 0 Å². The molecular weight excluding hydrogens is 380 g/mol. The molecule has 0 saturated carbocycles. The lowest BCUT2D eigenvalue weighted by Gasteiger charge is -2.39. The molecule has 0 amide bonds. The molecule has 1 saturated heterocycles. The van der Waals surface area contributed by atoms with Crippen LogP contribution in [0.4, 0.5) is 0 Å². The predicted molar refractivity (Wildman–Crippen MR) is 103 cm³/mol. The highest BCUT2D eigenvalue weighted by atomic mass is 16.7. The van der Waals surface area contributed by atoms with Gasteiger partial charge in [0, 0.05) is 12.5 Å². The van der Waals surface area contributed by atoms with E-state index in [1.54, 1.807) is 19.2 Å². The molecule has 1 aliphatic rings. The van der Waals surface area contributed by atoms with Crippen LogP contribution >= 0.6 is 0 Å². The molecule has 4 N–H and O–H groups in total. The maximum atomic E-state index is 10.3. The van der Waals surface area contributed by atoms with Gasteiger partial charge in [-0.3, -0.25) is 0 Å². The van der Waals surface area contributed by atoms with Crippen LogP contribution in [0.5, 0.6) is 17.2 Å². The van der Waals surface area contributed by atoms with Crippen LogP contribution in [0, 0.1) is 0 Å². The highest BCUT2D eigenvalue weighted by Gasteiger charge is 2.44. The second-order valence-corrected chi connectivity index (χ2v) is 6.81. The van der Waals surface area contributed by atoms with E-state index in [0.29, 0.717) is 17.9 Å². The molecule has 8 nitrogen and oxygen atoms in total. The van der Waals surface area contributed by atoms with Gasteiger partial charge in [-0.1, -0.05) is 18.2 Å². The zero-order valence-corrected chi connectivity index (χ0v) is 16.3. The summed E-state index contributed by atoms with van der Waals surface area (Å²) in [5, 5.41) is 39.5. The van der Waals surface area contributed by atoms with Crippen LogP contribution in [0.2, 0.25) is 0 Å². The molecule has 1 heterocycles. The smallest absolute Gasteiger partial charge is 0.229 e. The lowest BCUT2D eigenvalue weighted by atomic mass is 9.99. The first-order valence-electron chi connectivity index (χ1n) is 9.23. The quantitative estimate of drug-likeness (QED) is 0.524. The summed E-state index contributed by atoms with van der Waals surface area (Å²) in [7, 11) is 3.13. The second-order valence-electron chi connectivity index (χ2n) is 6.81. The Bertz CT molecular complexity index is 792. The van der Waals surface area contributed by atoms with Crippen LogP contribution in [0.15, 0.2) is 42.5 Å². The lowest BCUT2D eigenvalue weighted by molar-refractivity contribution is -0.277. The third-order valence-corrected chi connectivity index (χ3v) is 4.92. The van der Waals surface area contributed by atoms with Crippen molar-refractivity contribution in [3.05, 3.63) is 53.6 Å². The van der Waals surface area contributed by atoms with Crippen LogP contribution in [-0.4, -0.2) is 72.0 Å². The molecule has 1 fully saturated rings. The number of ether oxygens (including phenoxy) is 4. The van der Waals surface area contributed by atoms with Crippen molar-refractivity contribution in [3.63, 3.8) is 0 Å². The van der Waals surface area contributed by atoms with Crippen molar-refractivity contribution in [2.24, 2.45) is 0 Å². The Morgan fingerprint density at radius 3 is 2.14 bits per heavy atom. The van der Waals surface area contributed by atoms with E-state index < -0.39 is 37.3 Å². The third-order valence-electron chi connectivity index (χ3n) is 4.92. The average molecular weight is 406 g/mol. The Morgan fingerprint density at radius 1 is 0.862 bits per heavy atom. The number of rotatable bonds is 7. The summed E-state index contributed by atoms with van der Waals surface area (Å²) < 4.78 is 21.7. The number of aliphatic hydroxyl groups is 4. The Kier molecular flexibility index (Phi) is 6.94. The summed E-state index contributed by atoms with van der Waals surface area (Å²) in [6.45, 7) is -0.526. The van der Waals surface area contributed by atoms with E-state index in [4.69, 9.17) is 18.9 Å². The van der Waals surface area contributed by atoms with Gasteiger partial charge in [-0.05, 0) is 29.3 Å². The predicted octanol–water partition coefficient (Wildman–Crippen LogP) is 0.473. The first-order chi connectivity index (χ1) is 14.0. The molecule has 29 heavy (non-hydrogen) atoms. The molecular formula is C21H26O8. The molecule has 0 spiro atoms. The van der Waals surface area contributed by atoms with Gasteiger partial charge in [0.05, 0.1) is 20.8 Å². The van der Waals surface area contributed by atoms with E-state index in [9.17, 15) is 20.4 Å². The molecule has 2 aromatic carbocycles. The van der Waals surface area contributed by atoms with Gasteiger partial charge in [0.15, 0.2) is 0 Å². The number of hydrogen-bond donors (Lipinski definition) is 4. The Hall–Kier alpha value is -2.36. The molecule has 5 atom stereocenters. The van der Waals surface area contributed by atoms with E-state index in [1.807, 2.05) is 30.3 Å². The van der Waals surface area contributed by atoms with Gasteiger partial charge >= 0.3 is 0 Å². The molecule has 3 rings (SSSR count). The summed E-state index contributed by atoms with van der Waals surface area (Å²) in [6, 6.07) is 12.9. The molecule has 1 aliphatic heterocycles. The maximum absolute atomic E-state index is 10.3. The Labute approximate surface area is 168 Å². The molecule has 2 aromatic rings. The number of benzene rings is 2. The molecule has 0 aromatic heterocycles. The zero-order chi connectivity index (χ0) is 21.0. The first-order valence-corrected chi connectivity index (χ1v) is 9.23. The van der Waals surface area contributed by atoms with Crippen molar-refractivity contribution in [1.82, 2.24) is 0 Å². The fourth-order valence-electron chi connectivity index (χ4n) is 3.17. The number of methoxy groups -OCH3 is 2. The van der Waals surface area contributed by atoms with Crippen LogP contribution in [0.25, 0.3) is 0 Å². The van der Waals surface area contributed by atoms with Gasteiger partial charge in [-0.2, -0.15) is 0 Å². The van der Waals surface area contributed by atoms with Gasteiger partial charge in [-0.15, -0.1) is 0 Å². The molecule has 0 radical (unpaired) electrons. The highest BCUT2D eigenvalue weighted by Crippen LogP contribution is 2.31. The fraction of sp³-hybridized carbons (Fsp3) is 0.429. The van der Waals surface area contributed by atoms with Crippen molar-refractivity contribution >= 4 is 0 Å². The van der Waals surface area contributed by atoms with Gasteiger partial charge in [0.25, 0.3) is 0 Å². The number of aliphatic hydroxyl groups excluding tert-OH is 4. The van der Waals surface area contributed by atoms with E-state index in [2.05, 4.69) is 0 Å². The lowest BCUT2D eigenvalue weighted by Crippen LogP contribution is -2.60. The molecule has 0 aliphatic carbocycles. The summed E-state index contributed by atoms with van der Waals surface area (Å²) in [5.74, 6) is 1.69. The van der Waals surface area contributed by atoms with E-state index in [-0.39, 0.29) is 0 Å². The summed E-state index contributed by atoms with van der Waals surface area (Å²) >= 11 is 0. The third kappa shape index (κ3) is 4.80. The topological polar surface area (TPSA) is 118 Å². The van der Waals surface area contributed by atoms with Crippen molar-refractivity contribution in [1.29, 1.82) is 0 Å². The van der Waals surface area contributed by atoms with E-state index in [1.165, 1.54) is 7.11 Å². The van der Waals surface area contributed by atoms with Crippen LogP contribution in [-0.2, 0) is 11.2 Å². The average Bonchev–Trinajstić information content (AvgIpc) is 2.75. The minimum Gasteiger partial charge on any atom is -0.497 e. The van der Waals surface area contributed by atoms with Crippen molar-refractivity contribution < 1.29 is 39.4 Å². The Morgan fingerprint density at radius 2 is 1.52 bits per heavy atom. The summed E-state index contributed by atoms with van der Waals surface area (Å²) in [6.07, 6.45) is -6.24. The molecule has 0 bridgehead atoms. The van der Waals surface area contributed by atoms with Gasteiger partial charge in [0.2, 0.25) is 6.29 Å². The first kappa shape index (κ1) is 21.4. The molecule has 0 unspecified atom stereocenters. The SMILES string of the molecule is COc1ccc(Cc2ccc(OC)cc2O[C@@H]2O[C@H](CO)[C@@H](O)[C@H](O)[C@H]2O)cc1. The van der Waals surface area contributed by atoms with Crippen LogP contribution in [0.1, 0.15) is 11.1 Å². The second kappa shape index (κ2) is 9.43. The normalized spacial score (nSPS) is 26.8. The minimum absolute atomic E-state index is 0.393. The van der Waals surface area contributed by atoms with Crippen molar-refractivity contribution in [3.8, 4) is 17.2 Å². The maximum Gasteiger partial charge on any atom is 0.229 e. The highest BCUT2D eigenvalue weighted by molar-refractivity contribution is 5.44. The largest absolute Gasteiger partial charge is 0.497 e. The minimum atomic E-state index is -1.51. The monoisotopic (exact) mass is 406 g/mol. The Balaban J connectivity index is 1.84. The standard InChI is InChI=1S/C21H26O8/c1-26-14-6-3-12(4-7-14)9-13-5-8-15(27-2)10-16(13)28-21-20(25)19(24)18(23)17(11-22)29-21/h3-8,10,17-25H,9,11H2,1-2H3/t17-,18-,19+,20-,21-/m1/s1.